The Morgan fingerprint density at radius 1 is 1.23 bits per heavy atom. The topological polar surface area (TPSA) is 96.5 Å². The number of hydrogen-bond donors (Lipinski definition) is 3. The van der Waals surface area contributed by atoms with Crippen molar-refractivity contribution in [2.24, 2.45) is 17.8 Å². The number of carbonyl (C=O) groups is 3. The summed E-state index contributed by atoms with van der Waals surface area (Å²) in [6, 6.07) is -1.01. The van der Waals surface area contributed by atoms with Gasteiger partial charge in [-0.15, -0.1) is 12.4 Å². The van der Waals surface area contributed by atoms with Crippen LogP contribution in [-0.4, -0.2) is 50.1 Å². The van der Waals surface area contributed by atoms with Gasteiger partial charge in [0.25, 0.3) is 0 Å². The van der Waals surface area contributed by atoms with Gasteiger partial charge >= 0.3 is 5.97 Å². The first-order valence-corrected chi connectivity index (χ1v) is 9.49. The van der Waals surface area contributed by atoms with Gasteiger partial charge in [0.05, 0.1) is 13.2 Å². The molecule has 2 unspecified atom stereocenters. The molecule has 0 aromatic heterocycles. The second-order valence-corrected chi connectivity index (χ2v) is 7.54. The molecule has 2 saturated heterocycles. The fourth-order valence-corrected chi connectivity index (χ4v) is 4.61. The molecule has 7 nitrogen and oxygen atoms in total. The molecule has 1 saturated carbocycles. The van der Waals surface area contributed by atoms with E-state index in [0.29, 0.717) is 24.8 Å². The van der Waals surface area contributed by atoms with Gasteiger partial charge in [-0.3, -0.25) is 9.59 Å². The van der Waals surface area contributed by atoms with E-state index < -0.39 is 12.0 Å². The summed E-state index contributed by atoms with van der Waals surface area (Å²) in [5.74, 6) is -0.000915. The van der Waals surface area contributed by atoms with Crippen LogP contribution in [0.15, 0.2) is 0 Å². The number of fused-ring (bicyclic) bond motifs is 1. The zero-order chi connectivity index (χ0) is 17.8. The van der Waals surface area contributed by atoms with Gasteiger partial charge in [-0.25, -0.2) is 4.79 Å². The van der Waals surface area contributed by atoms with Crippen LogP contribution in [0.5, 0.6) is 0 Å². The van der Waals surface area contributed by atoms with Gasteiger partial charge in [0, 0.05) is 12.5 Å². The Morgan fingerprint density at radius 3 is 2.73 bits per heavy atom. The van der Waals surface area contributed by atoms with E-state index in [1.165, 1.54) is 20.0 Å². The van der Waals surface area contributed by atoms with Crippen LogP contribution in [0.4, 0.5) is 0 Å². The predicted octanol–water partition coefficient (Wildman–Crippen LogP) is 0.761. The van der Waals surface area contributed by atoms with Crippen LogP contribution in [0.1, 0.15) is 44.9 Å². The Balaban J connectivity index is 0.00000243. The van der Waals surface area contributed by atoms with Crippen molar-refractivity contribution in [2.45, 2.75) is 57.0 Å². The lowest BCUT2D eigenvalue weighted by Crippen LogP contribution is -2.52. The number of ether oxygens (including phenoxy) is 1. The largest absolute Gasteiger partial charge is 0.467 e. The minimum Gasteiger partial charge on any atom is -0.467 e. The Labute approximate surface area is 160 Å². The van der Waals surface area contributed by atoms with Gasteiger partial charge < -0.3 is 20.7 Å². The van der Waals surface area contributed by atoms with Crippen molar-refractivity contribution in [3.05, 3.63) is 0 Å². The molecule has 3 fully saturated rings. The molecular formula is C18H30ClN3O4. The molecule has 3 rings (SSSR count). The summed E-state index contributed by atoms with van der Waals surface area (Å²) in [6.07, 6.45) is 6.56. The smallest absolute Gasteiger partial charge is 0.328 e. The highest BCUT2D eigenvalue weighted by atomic mass is 35.5. The predicted molar refractivity (Wildman–Crippen MR) is 98.8 cm³/mol. The van der Waals surface area contributed by atoms with E-state index in [2.05, 4.69) is 16.0 Å². The summed E-state index contributed by atoms with van der Waals surface area (Å²) in [5, 5.41) is 9.01. The number of nitrogens with one attached hydrogen (secondary N) is 3. The maximum atomic E-state index is 12.8. The first-order valence-electron chi connectivity index (χ1n) is 9.49. The van der Waals surface area contributed by atoms with Crippen molar-refractivity contribution >= 4 is 30.2 Å². The Hall–Kier alpha value is -1.34. The van der Waals surface area contributed by atoms with Crippen LogP contribution in [-0.2, 0) is 19.1 Å². The van der Waals surface area contributed by atoms with Crippen LogP contribution < -0.4 is 16.0 Å². The summed E-state index contributed by atoms with van der Waals surface area (Å²) in [4.78, 5) is 36.9. The summed E-state index contributed by atoms with van der Waals surface area (Å²) in [7, 11) is 1.31. The second-order valence-electron chi connectivity index (χ2n) is 7.54. The van der Waals surface area contributed by atoms with Crippen LogP contribution >= 0.6 is 12.4 Å². The zero-order valence-corrected chi connectivity index (χ0v) is 16.1. The minimum atomic E-state index is -0.768. The molecule has 0 aromatic rings. The molecule has 2 aliphatic heterocycles. The van der Waals surface area contributed by atoms with Gasteiger partial charge in [-0.1, -0.05) is 12.8 Å². The van der Waals surface area contributed by atoms with E-state index in [1.54, 1.807) is 0 Å². The molecule has 0 spiro atoms. The molecule has 5 atom stereocenters. The number of halogens is 1. The standard InChI is InChI=1S/C18H29N3O4.ClH/c1-25-18(24)14(9-11-6-4-8-19-16(11)22)21-17(23)15-13-7-3-2-5-12(13)10-20-15;/h11-15,20H,2-10H2,1H3,(H,19,22)(H,21,23);1H/t11?,12-,13-,14?,15-;/m0./s1. The van der Waals surface area contributed by atoms with Crippen molar-refractivity contribution in [3.8, 4) is 0 Å². The van der Waals surface area contributed by atoms with Gasteiger partial charge in [0.1, 0.15) is 6.04 Å². The first kappa shape index (κ1) is 21.0. The van der Waals surface area contributed by atoms with Gasteiger partial charge in [-0.2, -0.15) is 0 Å². The molecule has 8 heteroatoms. The zero-order valence-electron chi connectivity index (χ0n) is 15.3. The molecule has 3 N–H and O–H groups in total. The number of amides is 2. The van der Waals surface area contributed by atoms with Crippen molar-refractivity contribution in [3.63, 3.8) is 0 Å². The normalized spacial score (nSPS) is 31.8. The van der Waals surface area contributed by atoms with Crippen LogP contribution in [0.25, 0.3) is 0 Å². The van der Waals surface area contributed by atoms with Crippen LogP contribution in [0.2, 0.25) is 0 Å². The maximum absolute atomic E-state index is 12.8. The van der Waals surface area contributed by atoms with E-state index >= 15 is 0 Å². The third kappa shape index (κ3) is 4.68. The molecule has 2 heterocycles. The lowest BCUT2D eigenvalue weighted by molar-refractivity contribution is -0.146. The molecule has 2 amide bonds. The van der Waals surface area contributed by atoms with Crippen LogP contribution in [0.3, 0.4) is 0 Å². The summed E-state index contributed by atoms with van der Waals surface area (Å²) >= 11 is 0. The van der Waals surface area contributed by atoms with Crippen molar-refractivity contribution in [1.29, 1.82) is 0 Å². The Morgan fingerprint density at radius 2 is 2.00 bits per heavy atom. The Bertz CT molecular complexity index is 531. The highest BCUT2D eigenvalue weighted by Crippen LogP contribution is 2.36. The van der Waals surface area contributed by atoms with Gasteiger partial charge in [-0.05, 0) is 50.5 Å². The molecule has 0 bridgehead atoms. The van der Waals surface area contributed by atoms with Crippen molar-refractivity contribution in [1.82, 2.24) is 16.0 Å². The van der Waals surface area contributed by atoms with E-state index in [4.69, 9.17) is 4.74 Å². The summed E-state index contributed by atoms with van der Waals surface area (Å²) < 4.78 is 4.85. The molecule has 1 aliphatic carbocycles. The minimum absolute atomic E-state index is 0. The van der Waals surface area contributed by atoms with E-state index in [1.807, 2.05) is 0 Å². The highest BCUT2D eigenvalue weighted by molar-refractivity contribution is 5.88. The van der Waals surface area contributed by atoms with Crippen LogP contribution in [0, 0.1) is 17.8 Å². The highest BCUT2D eigenvalue weighted by Gasteiger charge is 2.42. The number of esters is 1. The van der Waals surface area contributed by atoms with E-state index in [-0.39, 0.29) is 36.2 Å². The fraction of sp³-hybridized carbons (Fsp3) is 0.833. The van der Waals surface area contributed by atoms with Gasteiger partial charge in [0.2, 0.25) is 11.8 Å². The molecule has 0 radical (unpaired) electrons. The number of methoxy groups -OCH3 is 1. The fourth-order valence-electron chi connectivity index (χ4n) is 4.61. The average Bonchev–Trinajstić information content (AvgIpc) is 3.06. The summed E-state index contributed by atoms with van der Waals surface area (Å²) in [6.45, 7) is 1.55. The molecule has 26 heavy (non-hydrogen) atoms. The molecular weight excluding hydrogens is 358 g/mol. The van der Waals surface area contributed by atoms with Gasteiger partial charge in [0.15, 0.2) is 0 Å². The number of piperidine rings is 1. The maximum Gasteiger partial charge on any atom is 0.328 e. The van der Waals surface area contributed by atoms with E-state index in [9.17, 15) is 14.4 Å². The molecule has 3 aliphatic rings. The molecule has 0 aromatic carbocycles. The number of hydrogen-bond acceptors (Lipinski definition) is 5. The lowest BCUT2D eigenvalue weighted by atomic mass is 9.78. The number of carbonyl (C=O) groups excluding carboxylic acids is 3. The quantitative estimate of drug-likeness (QED) is 0.605. The number of rotatable bonds is 5. The third-order valence-corrected chi connectivity index (χ3v) is 6.00. The third-order valence-electron chi connectivity index (χ3n) is 6.00. The summed E-state index contributed by atoms with van der Waals surface area (Å²) in [5.41, 5.74) is 0. The first-order chi connectivity index (χ1) is 12.1. The van der Waals surface area contributed by atoms with Crippen molar-refractivity contribution in [2.75, 3.05) is 20.2 Å². The average molecular weight is 388 g/mol. The monoisotopic (exact) mass is 387 g/mol. The Kier molecular flexibility index (Phi) is 7.70. The van der Waals surface area contributed by atoms with Crippen molar-refractivity contribution < 1.29 is 19.1 Å². The SMILES string of the molecule is COC(=O)C(CC1CCCNC1=O)NC(=O)[C@H]1NC[C@@H]2CCCC[C@@H]21.Cl. The molecule has 148 valence electrons. The lowest BCUT2D eigenvalue weighted by Gasteiger charge is -2.29. The van der Waals surface area contributed by atoms with E-state index in [0.717, 1.165) is 32.2 Å². The second kappa shape index (κ2) is 9.55.